The van der Waals surface area contributed by atoms with Crippen molar-refractivity contribution in [2.45, 2.75) is 12.8 Å². The first-order valence-electron chi connectivity index (χ1n) is 3.44. The summed E-state index contributed by atoms with van der Waals surface area (Å²) in [5, 5.41) is 0. The standard InChI is InChI=1S/C7H12N2O/c1-9(2)5-8-7(10)6-3-4-6/h5-6H,3-4H2,1-2H3/b8-5+. The minimum atomic E-state index is 0.0358. The summed E-state index contributed by atoms with van der Waals surface area (Å²) in [6.07, 6.45) is 3.62. The second-order valence-corrected chi connectivity index (χ2v) is 2.82. The van der Waals surface area contributed by atoms with Crippen molar-refractivity contribution in [2.75, 3.05) is 14.1 Å². The van der Waals surface area contributed by atoms with Crippen LogP contribution in [0.5, 0.6) is 0 Å². The van der Waals surface area contributed by atoms with Crippen LogP contribution in [-0.2, 0) is 4.79 Å². The third kappa shape index (κ3) is 2.17. The molecular weight excluding hydrogens is 128 g/mol. The smallest absolute Gasteiger partial charge is 0.250 e. The van der Waals surface area contributed by atoms with E-state index < -0.39 is 0 Å². The lowest BCUT2D eigenvalue weighted by molar-refractivity contribution is -0.118. The molecule has 0 radical (unpaired) electrons. The second kappa shape index (κ2) is 2.82. The van der Waals surface area contributed by atoms with Crippen molar-refractivity contribution in [3.05, 3.63) is 0 Å². The highest BCUT2D eigenvalue weighted by Gasteiger charge is 2.28. The van der Waals surface area contributed by atoms with Crippen molar-refractivity contribution in [1.29, 1.82) is 0 Å². The molecule has 0 aromatic heterocycles. The van der Waals surface area contributed by atoms with Gasteiger partial charge in [-0.05, 0) is 12.8 Å². The van der Waals surface area contributed by atoms with Crippen LogP contribution in [0, 0.1) is 5.92 Å². The van der Waals surface area contributed by atoms with Crippen LogP contribution in [0.15, 0.2) is 4.99 Å². The van der Waals surface area contributed by atoms with Crippen LogP contribution in [0.2, 0.25) is 0 Å². The Labute approximate surface area is 60.7 Å². The predicted octanol–water partition coefficient (Wildman–Crippen LogP) is 0.513. The van der Waals surface area contributed by atoms with Crippen molar-refractivity contribution in [3.63, 3.8) is 0 Å². The summed E-state index contributed by atoms with van der Waals surface area (Å²) in [6, 6.07) is 0. The largest absolute Gasteiger partial charge is 0.369 e. The first-order chi connectivity index (χ1) is 4.70. The van der Waals surface area contributed by atoms with Gasteiger partial charge in [0.25, 0.3) is 0 Å². The van der Waals surface area contributed by atoms with Gasteiger partial charge in [0.15, 0.2) is 0 Å². The summed E-state index contributed by atoms with van der Waals surface area (Å²) in [7, 11) is 3.70. The van der Waals surface area contributed by atoms with E-state index in [1.54, 1.807) is 11.2 Å². The number of aliphatic imine (C=N–C) groups is 1. The van der Waals surface area contributed by atoms with Gasteiger partial charge in [-0.25, -0.2) is 4.99 Å². The highest BCUT2D eigenvalue weighted by atomic mass is 16.1. The Morgan fingerprint density at radius 3 is 2.60 bits per heavy atom. The van der Waals surface area contributed by atoms with E-state index in [4.69, 9.17) is 0 Å². The average molecular weight is 140 g/mol. The maximum atomic E-state index is 10.9. The zero-order valence-electron chi connectivity index (χ0n) is 6.37. The lowest BCUT2D eigenvalue weighted by atomic mass is 10.4. The highest BCUT2D eigenvalue weighted by molar-refractivity contribution is 5.87. The first-order valence-corrected chi connectivity index (χ1v) is 3.44. The molecule has 56 valence electrons. The molecule has 1 fully saturated rings. The molecule has 0 saturated heterocycles. The van der Waals surface area contributed by atoms with Crippen LogP contribution in [0.1, 0.15) is 12.8 Å². The SMILES string of the molecule is CN(C)/C=N/C(=O)C1CC1. The van der Waals surface area contributed by atoms with Gasteiger partial charge in [-0.1, -0.05) is 0 Å². The summed E-state index contributed by atoms with van der Waals surface area (Å²) in [6.45, 7) is 0. The average Bonchev–Trinajstić information content (AvgIpc) is 2.63. The van der Waals surface area contributed by atoms with Crippen LogP contribution in [0.3, 0.4) is 0 Å². The monoisotopic (exact) mass is 140 g/mol. The third-order valence-corrected chi connectivity index (χ3v) is 1.34. The molecule has 3 heteroatoms. The molecule has 0 spiro atoms. The Morgan fingerprint density at radius 2 is 2.20 bits per heavy atom. The summed E-state index contributed by atoms with van der Waals surface area (Å²) < 4.78 is 0. The molecule has 0 atom stereocenters. The molecule has 1 aliphatic rings. The lowest BCUT2D eigenvalue weighted by Crippen LogP contribution is -2.10. The molecule has 3 nitrogen and oxygen atoms in total. The summed E-state index contributed by atoms with van der Waals surface area (Å²) in [5.74, 6) is 0.282. The van der Waals surface area contributed by atoms with E-state index in [2.05, 4.69) is 4.99 Å². The van der Waals surface area contributed by atoms with Crippen molar-refractivity contribution < 1.29 is 4.79 Å². The fourth-order valence-electron chi connectivity index (χ4n) is 0.608. The molecule has 0 aromatic carbocycles. The van der Waals surface area contributed by atoms with E-state index in [0.29, 0.717) is 0 Å². The Morgan fingerprint density at radius 1 is 1.60 bits per heavy atom. The first kappa shape index (κ1) is 7.25. The van der Waals surface area contributed by atoms with Gasteiger partial charge in [0.1, 0.15) is 0 Å². The van der Waals surface area contributed by atoms with Crippen molar-refractivity contribution in [2.24, 2.45) is 10.9 Å². The van der Waals surface area contributed by atoms with Crippen LogP contribution in [0.25, 0.3) is 0 Å². The number of amides is 1. The van der Waals surface area contributed by atoms with E-state index >= 15 is 0 Å². The fraction of sp³-hybridized carbons (Fsp3) is 0.714. The van der Waals surface area contributed by atoms with Gasteiger partial charge >= 0.3 is 0 Å². The maximum Gasteiger partial charge on any atom is 0.250 e. The molecule has 1 amide bonds. The van der Waals surface area contributed by atoms with Gasteiger partial charge in [-0.3, -0.25) is 4.79 Å². The number of hydrogen-bond donors (Lipinski definition) is 0. The molecular formula is C7H12N2O. The van der Waals surface area contributed by atoms with Gasteiger partial charge in [-0.15, -0.1) is 0 Å². The van der Waals surface area contributed by atoms with Crippen LogP contribution < -0.4 is 0 Å². The second-order valence-electron chi connectivity index (χ2n) is 2.82. The molecule has 0 bridgehead atoms. The Bertz CT molecular complexity index is 159. The number of carbonyl (C=O) groups excluding carboxylic acids is 1. The zero-order chi connectivity index (χ0) is 7.56. The van der Waals surface area contributed by atoms with Crippen molar-refractivity contribution >= 4 is 12.2 Å². The number of hydrogen-bond acceptors (Lipinski definition) is 1. The van der Waals surface area contributed by atoms with Gasteiger partial charge in [0.05, 0.1) is 6.34 Å². The number of nitrogens with zero attached hydrogens (tertiary/aromatic N) is 2. The minimum absolute atomic E-state index is 0.0358. The van der Waals surface area contributed by atoms with Crippen LogP contribution >= 0.6 is 0 Å². The number of rotatable bonds is 2. The molecule has 1 saturated carbocycles. The predicted molar refractivity (Wildman–Crippen MR) is 39.9 cm³/mol. The van der Waals surface area contributed by atoms with Crippen LogP contribution in [-0.4, -0.2) is 31.2 Å². The molecule has 0 heterocycles. The van der Waals surface area contributed by atoms with Gasteiger partial charge in [0.2, 0.25) is 5.91 Å². The number of carbonyl (C=O) groups is 1. The Hall–Kier alpha value is -0.860. The summed E-state index contributed by atoms with van der Waals surface area (Å²) >= 11 is 0. The minimum Gasteiger partial charge on any atom is -0.369 e. The summed E-state index contributed by atoms with van der Waals surface area (Å²) in [5.41, 5.74) is 0. The normalized spacial score (nSPS) is 17.8. The van der Waals surface area contributed by atoms with E-state index in [1.165, 1.54) is 0 Å². The fourth-order valence-corrected chi connectivity index (χ4v) is 0.608. The molecule has 10 heavy (non-hydrogen) atoms. The van der Waals surface area contributed by atoms with E-state index in [9.17, 15) is 4.79 Å². The molecule has 0 N–H and O–H groups in total. The van der Waals surface area contributed by atoms with E-state index in [1.807, 2.05) is 14.1 Å². The topological polar surface area (TPSA) is 32.7 Å². The molecule has 0 aliphatic heterocycles. The van der Waals surface area contributed by atoms with Gasteiger partial charge in [-0.2, -0.15) is 0 Å². The molecule has 0 unspecified atom stereocenters. The lowest BCUT2D eigenvalue weighted by Gasteiger charge is -2.00. The quantitative estimate of drug-likeness (QED) is 0.413. The highest BCUT2D eigenvalue weighted by Crippen LogP contribution is 2.29. The van der Waals surface area contributed by atoms with Crippen molar-refractivity contribution in [1.82, 2.24) is 4.90 Å². The van der Waals surface area contributed by atoms with Crippen LogP contribution in [0.4, 0.5) is 0 Å². The van der Waals surface area contributed by atoms with E-state index in [0.717, 1.165) is 12.8 Å². The van der Waals surface area contributed by atoms with Gasteiger partial charge < -0.3 is 4.90 Å². The molecule has 0 aromatic rings. The third-order valence-electron chi connectivity index (χ3n) is 1.34. The van der Waals surface area contributed by atoms with Gasteiger partial charge in [0, 0.05) is 20.0 Å². The maximum absolute atomic E-state index is 10.9. The molecule has 1 aliphatic carbocycles. The van der Waals surface area contributed by atoms with E-state index in [-0.39, 0.29) is 11.8 Å². The summed E-state index contributed by atoms with van der Waals surface area (Å²) in [4.78, 5) is 16.4. The molecule has 1 rings (SSSR count). The zero-order valence-corrected chi connectivity index (χ0v) is 6.37. The Balaban J connectivity index is 2.29. The Kier molecular flexibility index (Phi) is 2.04. The van der Waals surface area contributed by atoms with Crippen molar-refractivity contribution in [3.8, 4) is 0 Å².